The minimum absolute atomic E-state index is 0.0429. The lowest BCUT2D eigenvalue weighted by Gasteiger charge is -2.14. The summed E-state index contributed by atoms with van der Waals surface area (Å²) >= 11 is 0. The molecule has 1 aliphatic heterocycles. The zero-order chi connectivity index (χ0) is 14.6. The molecule has 0 radical (unpaired) electrons. The van der Waals surface area contributed by atoms with Gasteiger partial charge >= 0.3 is 0 Å². The van der Waals surface area contributed by atoms with Crippen molar-refractivity contribution < 1.29 is 8.42 Å². The Hall–Kier alpha value is -1.37. The molecule has 1 aliphatic rings. The third-order valence-electron chi connectivity index (χ3n) is 3.23. The van der Waals surface area contributed by atoms with E-state index in [2.05, 4.69) is 27.5 Å². The zero-order valence-electron chi connectivity index (χ0n) is 12.0. The highest BCUT2D eigenvalue weighted by Gasteiger charge is 2.28. The number of sulfone groups is 1. The Balaban J connectivity index is 2.10. The smallest absolute Gasteiger partial charge is 0.152 e. The number of nitrogens with one attached hydrogen (secondary N) is 2. The molecule has 0 aliphatic carbocycles. The molecular weight excluding hydrogens is 276 g/mol. The highest BCUT2D eigenvalue weighted by Crippen LogP contribution is 2.18. The maximum atomic E-state index is 11.5. The molecule has 0 saturated carbocycles. The fraction of sp³-hybridized carbons (Fsp3) is 0.692. The van der Waals surface area contributed by atoms with E-state index in [9.17, 15) is 8.42 Å². The Morgan fingerprint density at radius 3 is 2.65 bits per heavy atom. The second-order valence-corrected chi connectivity index (χ2v) is 7.31. The van der Waals surface area contributed by atoms with Gasteiger partial charge < -0.3 is 10.6 Å². The summed E-state index contributed by atoms with van der Waals surface area (Å²) in [4.78, 5) is 8.83. The van der Waals surface area contributed by atoms with Gasteiger partial charge in [-0.25, -0.2) is 18.4 Å². The van der Waals surface area contributed by atoms with Gasteiger partial charge in [0.15, 0.2) is 9.84 Å². The van der Waals surface area contributed by atoms with E-state index in [4.69, 9.17) is 0 Å². The third-order valence-corrected chi connectivity index (χ3v) is 5.00. The van der Waals surface area contributed by atoms with Gasteiger partial charge in [-0.05, 0) is 12.8 Å². The van der Waals surface area contributed by atoms with Gasteiger partial charge in [0.2, 0.25) is 0 Å². The molecule has 20 heavy (non-hydrogen) atoms. The van der Waals surface area contributed by atoms with Crippen LogP contribution in [-0.2, 0) is 16.3 Å². The van der Waals surface area contributed by atoms with E-state index in [0.29, 0.717) is 12.2 Å². The summed E-state index contributed by atoms with van der Waals surface area (Å²) in [6.07, 6.45) is 2.42. The summed E-state index contributed by atoms with van der Waals surface area (Å²) < 4.78 is 23.0. The van der Waals surface area contributed by atoms with Crippen LogP contribution in [0.2, 0.25) is 0 Å². The summed E-state index contributed by atoms with van der Waals surface area (Å²) in [5, 5.41) is 6.46. The topological polar surface area (TPSA) is 84.0 Å². The molecule has 112 valence electrons. The van der Waals surface area contributed by atoms with Crippen molar-refractivity contribution in [3.8, 4) is 0 Å². The average Bonchev–Trinajstić information content (AvgIpc) is 2.75. The first kappa shape index (κ1) is 15.0. The molecule has 1 saturated heterocycles. The Morgan fingerprint density at radius 2 is 2.05 bits per heavy atom. The van der Waals surface area contributed by atoms with Crippen LogP contribution in [0.5, 0.6) is 0 Å². The molecule has 0 spiro atoms. The van der Waals surface area contributed by atoms with Crippen LogP contribution >= 0.6 is 0 Å². The van der Waals surface area contributed by atoms with Crippen molar-refractivity contribution in [1.29, 1.82) is 0 Å². The lowest BCUT2D eigenvalue weighted by atomic mass is 10.2. The molecule has 1 aromatic heterocycles. The molecule has 6 nitrogen and oxygen atoms in total. The average molecular weight is 298 g/mol. The normalized spacial score (nSPS) is 20.8. The van der Waals surface area contributed by atoms with E-state index in [1.54, 1.807) is 0 Å². The van der Waals surface area contributed by atoms with E-state index in [0.717, 1.165) is 31.0 Å². The Kier molecular flexibility index (Phi) is 4.80. The lowest BCUT2D eigenvalue weighted by molar-refractivity contribution is 0.602. The van der Waals surface area contributed by atoms with E-state index < -0.39 is 9.84 Å². The number of aromatic nitrogens is 2. The molecule has 0 amide bonds. The number of anilines is 2. The van der Waals surface area contributed by atoms with E-state index >= 15 is 0 Å². The maximum Gasteiger partial charge on any atom is 0.152 e. The van der Waals surface area contributed by atoms with E-state index in [-0.39, 0.29) is 17.5 Å². The fourth-order valence-corrected chi connectivity index (χ4v) is 3.86. The quantitative estimate of drug-likeness (QED) is 0.827. The summed E-state index contributed by atoms with van der Waals surface area (Å²) in [5.74, 6) is 2.71. The van der Waals surface area contributed by atoms with Gasteiger partial charge in [0.25, 0.3) is 0 Å². The van der Waals surface area contributed by atoms with Crippen LogP contribution < -0.4 is 10.6 Å². The SMILES string of the molecule is CCCNc1cc(NC2CCS(=O)(=O)C2)nc(CC)n1. The van der Waals surface area contributed by atoms with Crippen molar-refractivity contribution in [2.45, 2.75) is 39.2 Å². The van der Waals surface area contributed by atoms with Crippen molar-refractivity contribution in [1.82, 2.24) is 9.97 Å². The first-order valence-electron chi connectivity index (χ1n) is 7.11. The van der Waals surface area contributed by atoms with Crippen LogP contribution in [0.4, 0.5) is 11.6 Å². The molecule has 2 rings (SSSR count). The van der Waals surface area contributed by atoms with Crippen molar-refractivity contribution in [2.24, 2.45) is 0 Å². The molecule has 1 unspecified atom stereocenters. The van der Waals surface area contributed by atoms with Gasteiger partial charge in [0.05, 0.1) is 11.5 Å². The largest absolute Gasteiger partial charge is 0.370 e. The van der Waals surface area contributed by atoms with Crippen LogP contribution in [0.15, 0.2) is 6.07 Å². The van der Waals surface area contributed by atoms with E-state index in [1.165, 1.54) is 0 Å². The zero-order valence-corrected chi connectivity index (χ0v) is 12.8. The van der Waals surface area contributed by atoms with Crippen molar-refractivity contribution in [3.63, 3.8) is 0 Å². The third kappa shape index (κ3) is 4.06. The highest BCUT2D eigenvalue weighted by molar-refractivity contribution is 7.91. The first-order chi connectivity index (χ1) is 9.52. The number of aryl methyl sites for hydroxylation is 1. The van der Waals surface area contributed by atoms with Crippen LogP contribution in [0.3, 0.4) is 0 Å². The number of rotatable bonds is 6. The minimum atomic E-state index is -2.88. The van der Waals surface area contributed by atoms with Gasteiger partial charge in [-0.2, -0.15) is 0 Å². The molecule has 2 N–H and O–H groups in total. The summed E-state index contributed by atoms with van der Waals surface area (Å²) in [7, 11) is -2.88. The fourth-order valence-electron chi connectivity index (χ4n) is 2.19. The molecule has 1 atom stereocenters. The van der Waals surface area contributed by atoms with Crippen LogP contribution in [0.1, 0.15) is 32.5 Å². The number of nitrogens with zero attached hydrogens (tertiary/aromatic N) is 2. The summed E-state index contributed by atoms with van der Waals surface area (Å²) in [5.41, 5.74) is 0. The molecule has 1 aromatic rings. The van der Waals surface area contributed by atoms with Crippen LogP contribution in [-0.4, -0.2) is 42.5 Å². The summed E-state index contributed by atoms with van der Waals surface area (Å²) in [6, 6.07) is 1.80. The Morgan fingerprint density at radius 1 is 1.30 bits per heavy atom. The van der Waals surface area contributed by atoms with Gasteiger partial charge in [0.1, 0.15) is 17.5 Å². The van der Waals surface area contributed by atoms with Gasteiger partial charge in [-0.3, -0.25) is 0 Å². The van der Waals surface area contributed by atoms with Crippen molar-refractivity contribution in [3.05, 3.63) is 11.9 Å². The Labute approximate surface area is 120 Å². The predicted octanol–water partition coefficient (Wildman–Crippen LogP) is 1.46. The first-order valence-corrected chi connectivity index (χ1v) is 8.93. The standard InChI is InChI=1S/C13H22N4O2S/c1-3-6-14-12-8-13(17-11(4-2)16-12)15-10-5-7-20(18,19)9-10/h8,10H,3-7,9H2,1-2H3,(H2,14,15,16,17). The second-order valence-electron chi connectivity index (χ2n) is 5.08. The van der Waals surface area contributed by atoms with Crippen LogP contribution in [0.25, 0.3) is 0 Å². The van der Waals surface area contributed by atoms with Gasteiger partial charge in [-0.15, -0.1) is 0 Å². The molecule has 7 heteroatoms. The Bertz CT molecular complexity index is 559. The maximum absolute atomic E-state index is 11.5. The number of hydrogen-bond acceptors (Lipinski definition) is 6. The van der Waals surface area contributed by atoms with Crippen molar-refractivity contribution in [2.75, 3.05) is 28.7 Å². The molecule has 0 aromatic carbocycles. The number of hydrogen-bond donors (Lipinski definition) is 2. The van der Waals surface area contributed by atoms with Crippen molar-refractivity contribution >= 4 is 21.5 Å². The lowest BCUT2D eigenvalue weighted by Crippen LogP contribution is -2.22. The van der Waals surface area contributed by atoms with Gasteiger partial charge in [-0.1, -0.05) is 13.8 Å². The monoisotopic (exact) mass is 298 g/mol. The predicted molar refractivity (Wildman–Crippen MR) is 80.9 cm³/mol. The van der Waals surface area contributed by atoms with Crippen LogP contribution in [0, 0.1) is 0 Å². The van der Waals surface area contributed by atoms with Gasteiger partial charge in [0, 0.05) is 25.1 Å². The molecule has 0 bridgehead atoms. The molecule has 2 heterocycles. The minimum Gasteiger partial charge on any atom is -0.370 e. The van der Waals surface area contributed by atoms with E-state index in [1.807, 2.05) is 13.0 Å². The highest BCUT2D eigenvalue weighted by atomic mass is 32.2. The molecular formula is C13H22N4O2S. The second kappa shape index (κ2) is 6.39. The molecule has 1 fully saturated rings. The summed E-state index contributed by atoms with van der Waals surface area (Å²) in [6.45, 7) is 4.96.